The van der Waals surface area contributed by atoms with Gasteiger partial charge in [-0.3, -0.25) is 9.48 Å². The molecule has 1 aliphatic carbocycles. The lowest BCUT2D eigenvalue weighted by atomic mass is 10.0. The molecular weight excluding hydrogens is 290 g/mol. The molecule has 0 bridgehead atoms. The SMILES string of the molecule is Cn1cc([C@H]2OCC[C@@H]2NC(=O)[C@@H]2C[C@@H]2c2ccccc2)cn1. The molecular formula is C18H21N3O2. The molecule has 0 spiro atoms. The van der Waals surface area contributed by atoms with Gasteiger partial charge in [0.25, 0.3) is 0 Å². The zero-order valence-corrected chi connectivity index (χ0v) is 13.2. The number of hydrogen-bond acceptors (Lipinski definition) is 3. The van der Waals surface area contributed by atoms with Gasteiger partial charge in [-0.15, -0.1) is 0 Å². The summed E-state index contributed by atoms with van der Waals surface area (Å²) in [5.74, 6) is 0.631. The molecule has 0 radical (unpaired) electrons. The predicted octanol–water partition coefficient (Wildman–Crippen LogP) is 2.17. The Morgan fingerprint density at radius 2 is 2.13 bits per heavy atom. The fourth-order valence-corrected chi connectivity index (χ4v) is 3.50. The summed E-state index contributed by atoms with van der Waals surface area (Å²) in [5.41, 5.74) is 2.30. The second-order valence-electron chi connectivity index (χ2n) is 6.50. The normalized spacial score (nSPS) is 29.4. The highest BCUT2D eigenvalue weighted by atomic mass is 16.5. The first-order valence-electron chi connectivity index (χ1n) is 8.18. The van der Waals surface area contributed by atoms with E-state index in [4.69, 9.17) is 4.74 Å². The minimum Gasteiger partial charge on any atom is -0.371 e. The summed E-state index contributed by atoms with van der Waals surface area (Å²) in [6.45, 7) is 0.678. The van der Waals surface area contributed by atoms with E-state index in [1.165, 1.54) is 5.56 Å². The molecule has 2 aromatic rings. The Bertz CT molecular complexity index is 697. The second kappa shape index (κ2) is 5.81. The van der Waals surface area contributed by atoms with Gasteiger partial charge in [0.1, 0.15) is 6.10 Å². The molecule has 1 aliphatic heterocycles. The van der Waals surface area contributed by atoms with Crippen LogP contribution in [-0.4, -0.2) is 28.3 Å². The Kier molecular flexibility index (Phi) is 3.65. The highest BCUT2D eigenvalue weighted by Crippen LogP contribution is 2.47. The van der Waals surface area contributed by atoms with Crippen LogP contribution in [0.2, 0.25) is 0 Å². The molecule has 23 heavy (non-hydrogen) atoms. The summed E-state index contributed by atoms with van der Waals surface area (Å²) < 4.78 is 7.58. The predicted molar refractivity (Wildman–Crippen MR) is 85.7 cm³/mol. The lowest BCUT2D eigenvalue weighted by molar-refractivity contribution is -0.123. The summed E-state index contributed by atoms with van der Waals surface area (Å²) in [6.07, 6.45) is 5.49. The molecule has 2 aliphatic rings. The number of benzene rings is 1. The summed E-state index contributed by atoms with van der Waals surface area (Å²) in [5, 5.41) is 7.40. The van der Waals surface area contributed by atoms with Gasteiger partial charge in [-0.2, -0.15) is 5.10 Å². The Morgan fingerprint density at radius 1 is 1.30 bits per heavy atom. The number of aromatic nitrogens is 2. The van der Waals surface area contributed by atoms with E-state index in [9.17, 15) is 4.79 Å². The Balaban J connectivity index is 1.39. The molecule has 2 fully saturated rings. The number of nitrogens with one attached hydrogen (secondary N) is 1. The first kappa shape index (κ1) is 14.5. The zero-order valence-electron chi connectivity index (χ0n) is 13.2. The van der Waals surface area contributed by atoms with Gasteiger partial charge in [0.2, 0.25) is 5.91 Å². The van der Waals surface area contributed by atoms with Crippen LogP contribution in [0, 0.1) is 5.92 Å². The number of hydrogen-bond donors (Lipinski definition) is 1. The van der Waals surface area contributed by atoms with Gasteiger partial charge < -0.3 is 10.1 Å². The number of ether oxygens (including phenoxy) is 1. The van der Waals surface area contributed by atoms with Gasteiger partial charge in [-0.1, -0.05) is 30.3 Å². The van der Waals surface area contributed by atoms with Gasteiger partial charge in [0.05, 0.1) is 12.2 Å². The number of carbonyl (C=O) groups excluding carboxylic acids is 1. The van der Waals surface area contributed by atoms with Crippen molar-refractivity contribution in [2.75, 3.05) is 6.61 Å². The van der Waals surface area contributed by atoms with Gasteiger partial charge in [-0.25, -0.2) is 0 Å². The van der Waals surface area contributed by atoms with Crippen molar-refractivity contribution in [2.24, 2.45) is 13.0 Å². The van der Waals surface area contributed by atoms with Crippen molar-refractivity contribution in [3.05, 3.63) is 53.9 Å². The van der Waals surface area contributed by atoms with Crippen LogP contribution in [0.1, 0.15) is 36.0 Å². The first-order chi connectivity index (χ1) is 11.2. The van der Waals surface area contributed by atoms with Crippen molar-refractivity contribution < 1.29 is 9.53 Å². The summed E-state index contributed by atoms with van der Waals surface area (Å²) >= 11 is 0. The molecule has 1 saturated carbocycles. The minimum absolute atomic E-state index is 0.0451. The molecule has 1 aromatic heterocycles. The van der Waals surface area contributed by atoms with Crippen molar-refractivity contribution in [1.29, 1.82) is 0 Å². The van der Waals surface area contributed by atoms with Crippen molar-refractivity contribution in [2.45, 2.75) is 30.9 Å². The van der Waals surface area contributed by atoms with Gasteiger partial charge >= 0.3 is 0 Å². The Labute approximate surface area is 135 Å². The third-order valence-electron chi connectivity index (χ3n) is 4.83. The van der Waals surface area contributed by atoms with Crippen LogP contribution >= 0.6 is 0 Å². The van der Waals surface area contributed by atoms with Crippen LogP contribution in [0.15, 0.2) is 42.7 Å². The van der Waals surface area contributed by atoms with E-state index in [0.29, 0.717) is 12.5 Å². The fourth-order valence-electron chi connectivity index (χ4n) is 3.50. The molecule has 0 unspecified atom stereocenters. The molecule has 1 saturated heterocycles. The number of aryl methyl sites for hydroxylation is 1. The van der Waals surface area contributed by atoms with Crippen molar-refractivity contribution in [3.63, 3.8) is 0 Å². The van der Waals surface area contributed by atoms with Gasteiger partial charge in [0.15, 0.2) is 0 Å². The van der Waals surface area contributed by atoms with Crippen LogP contribution in [0.25, 0.3) is 0 Å². The Morgan fingerprint density at radius 3 is 2.87 bits per heavy atom. The molecule has 120 valence electrons. The molecule has 4 rings (SSSR count). The quantitative estimate of drug-likeness (QED) is 0.941. The second-order valence-corrected chi connectivity index (χ2v) is 6.50. The summed E-state index contributed by atoms with van der Waals surface area (Å²) in [4.78, 5) is 12.5. The summed E-state index contributed by atoms with van der Waals surface area (Å²) in [6, 6.07) is 10.3. The Hall–Kier alpha value is -2.14. The number of amides is 1. The molecule has 4 atom stereocenters. The lowest BCUT2D eigenvalue weighted by Crippen LogP contribution is -2.37. The van der Waals surface area contributed by atoms with Crippen LogP contribution in [0.4, 0.5) is 0 Å². The monoisotopic (exact) mass is 311 g/mol. The van der Waals surface area contributed by atoms with E-state index < -0.39 is 0 Å². The molecule has 2 heterocycles. The van der Waals surface area contributed by atoms with Gasteiger partial charge in [0, 0.05) is 31.3 Å². The van der Waals surface area contributed by atoms with Crippen LogP contribution in [0.3, 0.4) is 0 Å². The smallest absolute Gasteiger partial charge is 0.224 e. The van der Waals surface area contributed by atoms with E-state index in [1.807, 2.05) is 37.6 Å². The van der Waals surface area contributed by atoms with Crippen LogP contribution in [0.5, 0.6) is 0 Å². The molecule has 1 amide bonds. The number of rotatable bonds is 4. The van der Waals surface area contributed by atoms with E-state index in [0.717, 1.165) is 18.4 Å². The maximum atomic E-state index is 12.5. The zero-order chi connectivity index (χ0) is 15.8. The lowest BCUT2D eigenvalue weighted by Gasteiger charge is -2.19. The molecule has 1 N–H and O–H groups in total. The first-order valence-corrected chi connectivity index (χ1v) is 8.18. The standard InChI is InChI=1S/C18H21N3O2/c1-21-11-13(10-19-21)17-16(7-8-23-17)20-18(22)15-9-14(15)12-5-3-2-4-6-12/h2-6,10-11,14-17H,7-9H2,1H3,(H,20,22)/t14-,15-,16+,17-/m1/s1. The molecule has 5 nitrogen and oxygen atoms in total. The third-order valence-corrected chi connectivity index (χ3v) is 4.83. The van der Waals surface area contributed by atoms with Crippen LogP contribution in [-0.2, 0) is 16.6 Å². The van der Waals surface area contributed by atoms with Crippen LogP contribution < -0.4 is 5.32 Å². The van der Waals surface area contributed by atoms with E-state index >= 15 is 0 Å². The van der Waals surface area contributed by atoms with Crippen molar-refractivity contribution in [1.82, 2.24) is 15.1 Å². The number of nitrogens with zero attached hydrogens (tertiary/aromatic N) is 2. The fraction of sp³-hybridized carbons (Fsp3) is 0.444. The highest BCUT2D eigenvalue weighted by Gasteiger charge is 2.45. The minimum atomic E-state index is -0.0819. The van der Waals surface area contributed by atoms with Gasteiger partial charge in [-0.05, 0) is 24.3 Å². The number of carbonyl (C=O) groups is 1. The third kappa shape index (κ3) is 2.88. The average Bonchev–Trinajstić information content (AvgIpc) is 3.06. The van der Waals surface area contributed by atoms with E-state index in [2.05, 4.69) is 22.5 Å². The highest BCUT2D eigenvalue weighted by molar-refractivity contribution is 5.83. The topological polar surface area (TPSA) is 56.1 Å². The maximum absolute atomic E-state index is 12.5. The van der Waals surface area contributed by atoms with Crippen molar-refractivity contribution in [3.8, 4) is 0 Å². The van der Waals surface area contributed by atoms with Crippen molar-refractivity contribution >= 4 is 5.91 Å². The largest absolute Gasteiger partial charge is 0.371 e. The molecule has 1 aromatic carbocycles. The maximum Gasteiger partial charge on any atom is 0.224 e. The van der Waals surface area contributed by atoms with E-state index in [1.54, 1.807) is 4.68 Å². The summed E-state index contributed by atoms with van der Waals surface area (Å²) in [7, 11) is 1.89. The van der Waals surface area contributed by atoms with E-state index in [-0.39, 0.29) is 24.0 Å². The average molecular weight is 311 g/mol. The molecule has 5 heteroatoms.